The topological polar surface area (TPSA) is 79.5 Å². The number of halogens is 1. The van der Waals surface area contributed by atoms with Crippen LogP contribution in [0, 0.1) is 16.1 Å². The van der Waals surface area contributed by atoms with Crippen molar-refractivity contribution < 1.29 is 4.74 Å². The van der Waals surface area contributed by atoms with Gasteiger partial charge in [-0.05, 0) is 36.3 Å². The van der Waals surface area contributed by atoms with Crippen LogP contribution in [0.2, 0.25) is 5.28 Å². The smallest absolute Gasteiger partial charge is 0.224 e. The molecule has 0 amide bonds. The van der Waals surface area contributed by atoms with Crippen LogP contribution in [0.25, 0.3) is 11.2 Å². The lowest BCUT2D eigenvalue weighted by Crippen LogP contribution is -2.30. The molecule has 3 rings (SSSR count). The average molecular weight is 374 g/mol. The zero-order valence-electron chi connectivity index (χ0n) is 13.6. The molecule has 6 nitrogen and oxygen atoms in total. The maximum atomic E-state index is 9.76. The largest absolute Gasteiger partial charge is 0.377 e. The zero-order valence-corrected chi connectivity index (χ0v) is 15.1. The molecule has 1 atom stereocenters. The van der Waals surface area contributed by atoms with Gasteiger partial charge in [-0.15, -0.1) is 0 Å². The van der Waals surface area contributed by atoms with Crippen LogP contribution in [-0.2, 0) is 16.9 Å². The van der Waals surface area contributed by atoms with E-state index in [2.05, 4.69) is 21.0 Å². The van der Waals surface area contributed by atoms with E-state index >= 15 is 0 Å². The summed E-state index contributed by atoms with van der Waals surface area (Å²) in [6.07, 6.45) is 2.01. The molecule has 0 fully saturated rings. The predicted octanol–water partition coefficient (Wildman–Crippen LogP) is 3.99. The predicted molar refractivity (Wildman–Crippen MR) is 97.7 cm³/mol. The molecule has 0 spiro atoms. The third-order valence-electron chi connectivity index (χ3n) is 3.97. The highest BCUT2D eigenvalue weighted by atomic mass is 35.5. The van der Waals surface area contributed by atoms with Crippen LogP contribution in [0.4, 0.5) is 0 Å². The molecule has 1 unspecified atom stereocenters. The molecular formula is C17H16ClN5OS. The van der Waals surface area contributed by atoms with Crippen LogP contribution in [0.5, 0.6) is 0 Å². The van der Waals surface area contributed by atoms with Gasteiger partial charge in [0.15, 0.2) is 10.4 Å². The highest BCUT2D eigenvalue weighted by Crippen LogP contribution is 2.26. The van der Waals surface area contributed by atoms with Crippen molar-refractivity contribution in [2.45, 2.75) is 25.5 Å². The van der Waals surface area contributed by atoms with Crippen LogP contribution in [0.3, 0.4) is 0 Å². The van der Waals surface area contributed by atoms with E-state index in [1.54, 1.807) is 17.7 Å². The van der Waals surface area contributed by atoms with Gasteiger partial charge in [0.25, 0.3) is 0 Å². The van der Waals surface area contributed by atoms with Gasteiger partial charge in [0.2, 0.25) is 5.28 Å². The van der Waals surface area contributed by atoms with Crippen molar-refractivity contribution in [3.8, 4) is 6.07 Å². The molecule has 2 aromatic heterocycles. The average Bonchev–Trinajstić information content (AvgIpc) is 2.95. The number of nitrogens with zero attached hydrogens (tertiary/aromatic N) is 4. The van der Waals surface area contributed by atoms with Crippen molar-refractivity contribution in [3.05, 3.63) is 52.1 Å². The summed E-state index contributed by atoms with van der Waals surface area (Å²) in [5.74, 6) is 0. The molecule has 0 saturated carbocycles. The molecule has 8 heteroatoms. The maximum absolute atomic E-state index is 9.76. The molecule has 1 aromatic carbocycles. The number of benzene rings is 1. The second-order valence-electron chi connectivity index (χ2n) is 5.82. The zero-order chi connectivity index (χ0) is 17.9. The Labute approximate surface area is 155 Å². The van der Waals surface area contributed by atoms with Crippen molar-refractivity contribution in [2.75, 3.05) is 6.61 Å². The van der Waals surface area contributed by atoms with E-state index in [1.807, 2.05) is 30.3 Å². The van der Waals surface area contributed by atoms with Crippen LogP contribution in [-0.4, -0.2) is 26.1 Å². The molecule has 0 radical (unpaired) electrons. The van der Waals surface area contributed by atoms with Gasteiger partial charge in [-0.2, -0.15) is 10.2 Å². The van der Waals surface area contributed by atoms with Gasteiger partial charge in [-0.1, -0.05) is 30.3 Å². The standard InChI is InChI=1S/C17H16ClN5OS/c1-17(11-19,7-8-24-10-12-5-3-2-4-6-12)23-14-13(21-16(23)25)9-20-15(18)22-14/h2-6,9H,7-8,10H2,1H3,(H,21,25). The third kappa shape index (κ3) is 3.71. The Kier molecular flexibility index (Phi) is 5.13. The lowest BCUT2D eigenvalue weighted by atomic mass is 10.0. The number of rotatable bonds is 6. The van der Waals surface area contributed by atoms with Crippen LogP contribution < -0.4 is 0 Å². The minimum Gasteiger partial charge on any atom is -0.377 e. The molecule has 0 aliphatic carbocycles. The number of H-pyrrole nitrogens is 1. The first-order valence-electron chi connectivity index (χ1n) is 7.70. The Morgan fingerprint density at radius 1 is 1.40 bits per heavy atom. The number of hydrogen-bond donors (Lipinski definition) is 1. The third-order valence-corrected chi connectivity index (χ3v) is 4.44. The van der Waals surface area contributed by atoms with Crippen molar-refractivity contribution in [2.24, 2.45) is 0 Å². The quantitative estimate of drug-likeness (QED) is 0.401. The molecule has 25 heavy (non-hydrogen) atoms. The molecular weight excluding hydrogens is 358 g/mol. The Balaban J connectivity index is 1.79. The van der Waals surface area contributed by atoms with E-state index < -0.39 is 5.54 Å². The van der Waals surface area contributed by atoms with Crippen LogP contribution in [0.15, 0.2) is 36.5 Å². The Morgan fingerprint density at radius 2 is 2.16 bits per heavy atom. The summed E-state index contributed by atoms with van der Waals surface area (Å²) in [7, 11) is 0. The fourth-order valence-electron chi connectivity index (χ4n) is 2.59. The molecule has 0 bridgehead atoms. The van der Waals surface area contributed by atoms with Crippen LogP contribution in [0.1, 0.15) is 18.9 Å². The van der Waals surface area contributed by atoms with Gasteiger partial charge in [-0.25, -0.2) is 4.98 Å². The molecule has 3 aromatic rings. The van der Waals surface area contributed by atoms with Gasteiger partial charge < -0.3 is 9.72 Å². The number of nitrogens with one attached hydrogen (secondary N) is 1. The number of hydrogen-bond acceptors (Lipinski definition) is 5. The highest BCUT2D eigenvalue weighted by Gasteiger charge is 2.29. The van der Waals surface area contributed by atoms with Crippen molar-refractivity contribution in [1.82, 2.24) is 19.5 Å². The Morgan fingerprint density at radius 3 is 2.88 bits per heavy atom. The Hall–Kier alpha value is -2.27. The summed E-state index contributed by atoms with van der Waals surface area (Å²) < 4.78 is 7.80. The van der Waals surface area contributed by atoms with Crippen molar-refractivity contribution in [1.29, 1.82) is 5.26 Å². The first-order chi connectivity index (χ1) is 12.0. The number of aromatic nitrogens is 4. The molecule has 0 aliphatic rings. The minimum absolute atomic E-state index is 0.107. The van der Waals surface area contributed by atoms with E-state index in [-0.39, 0.29) is 5.28 Å². The first kappa shape index (κ1) is 17.5. The van der Waals surface area contributed by atoms with Gasteiger partial charge >= 0.3 is 0 Å². The second kappa shape index (κ2) is 7.31. The second-order valence-corrected chi connectivity index (χ2v) is 6.54. The molecule has 1 N–H and O–H groups in total. The summed E-state index contributed by atoms with van der Waals surface area (Å²) >= 11 is 11.3. The SMILES string of the molecule is CC(C#N)(CCOCc1ccccc1)n1c(=S)[nH]c2cnc(Cl)nc21. The Bertz CT molecular complexity index is 978. The molecule has 128 valence electrons. The number of aromatic amines is 1. The molecule has 0 saturated heterocycles. The summed E-state index contributed by atoms with van der Waals surface area (Å²) in [5, 5.41) is 9.87. The monoisotopic (exact) mass is 373 g/mol. The number of ether oxygens (including phenoxy) is 1. The maximum Gasteiger partial charge on any atom is 0.224 e. The van der Waals surface area contributed by atoms with Gasteiger partial charge in [-0.3, -0.25) is 4.57 Å². The van der Waals surface area contributed by atoms with E-state index in [0.29, 0.717) is 35.6 Å². The fraction of sp³-hybridized carbons (Fsp3) is 0.294. The summed E-state index contributed by atoms with van der Waals surface area (Å²) in [4.78, 5) is 11.2. The number of imidazole rings is 1. The number of fused-ring (bicyclic) bond motifs is 1. The van der Waals surface area contributed by atoms with E-state index in [1.165, 1.54) is 0 Å². The van der Waals surface area contributed by atoms with E-state index in [4.69, 9.17) is 28.6 Å². The lowest BCUT2D eigenvalue weighted by molar-refractivity contribution is 0.101. The molecule has 2 heterocycles. The fourth-order valence-corrected chi connectivity index (χ4v) is 3.12. The molecule has 0 aliphatic heterocycles. The van der Waals surface area contributed by atoms with E-state index in [9.17, 15) is 5.26 Å². The summed E-state index contributed by atoms with van der Waals surface area (Å²) in [5.41, 5.74) is 1.33. The summed E-state index contributed by atoms with van der Waals surface area (Å²) in [6.45, 7) is 2.71. The lowest BCUT2D eigenvalue weighted by Gasteiger charge is -2.23. The first-order valence-corrected chi connectivity index (χ1v) is 8.49. The van der Waals surface area contributed by atoms with Gasteiger partial charge in [0.1, 0.15) is 11.1 Å². The van der Waals surface area contributed by atoms with Crippen molar-refractivity contribution in [3.63, 3.8) is 0 Å². The van der Waals surface area contributed by atoms with Gasteiger partial charge in [0, 0.05) is 6.42 Å². The number of nitriles is 1. The highest BCUT2D eigenvalue weighted by molar-refractivity contribution is 7.71. The van der Waals surface area contributed by atoms with Crippen molar-refractivity contribution >= 4 is 35.0 Å². The van der Waals surface area contributed by atoms with Gasteiger partial charge in [0.05, 0.1) is 25.5 Å². The van der Waals surface area contributed by atoms with Crippen LogP contribution >= 0.6 is 23.8 Å². The van der Waals surface area contributed by atoms with E-state index in [0.717, 1.165) is 5.56 Å². The normalized spacial score (nSPS) is 13.5. The minimum atomic E-state index is -0.913. The summed E-state index contributed by atoms with van der Waals surface area (Å²) in [6, 6.07) is 12.2.